The molecule has 1 nitrogen and oxygen atoms in total. The molecule has 0 amide bonds. The van der Waals surface area contributed by atoms with Crippen LogP contribution in [0.15, 0.2) is 0 Å². The number of thioether (sulfide) groups is 1. The second kappa shape index (κ2) is 6.05. The van der Waals surface area contributed by atoms with Crippen LogP contribution in [0, 0.1) is 0 Å². The van der Waals surface area contributed by atoms with E-state index in [0.717, 1.165) is 5.25 Å². The van der Waals surface area contributed by atoms with Crippen LogP contribution in [0.2, 0.25) is 0 Å². The van der Waals surface area contributed by atoms with Gasteiger partial charge in [-0.05, 0) is 26.3 Å². The third-order valence-corrected chi connectivity index (χ3v) is 2.69. The molecule has 0 saturated carbocycles. The Balaban J connectivity index is 0.000000371. The normalized spacial score (nSPS) is 23.1. The molecule has 1 saturated heterocycles. The number of nitrogens with zero attached hydrogens (tertiary/aromatic N) is 1. The van der Waals surface area contributed by atoms with Gasteiger partial charge in [0.2, 0.25) is 0 Å². The van der Waals surface area contributed by atoms with Crippen LogP contribution in [0.4, 0.5) is 0 Å². The summed E-state index contributed by atoms with van der Waals surface area (Å²) in [6.45, 7) is 5.27. The van der Waals surface area contributed by atoms with Crippen molar-refractivity contribution in [2.45, 2.75) is 25.5 Å². The lowest BCUT2D eigenvalue weighted by Gasteiger charge is -2.27. The summed E-state index contributed by atoms with van der Waals surface area (Å²) in [5.74, 6) is 1.39. The number of hydrogen-bond acceptors (Lipinski definition) is 2. The van der Waals surface area contributed by atoms with Gasteiger partial charge >= 0.3 is 0 Å². The van der Waals surface area contributed by atoms with Gasteiger partial charge in [0.25, 0.3) is 0 Å². The lowest BCUT2D eigenvalue weighted by molar-refractivity contribution is 0.399. The lowest BCUT2D eigenvalue weighted by atomic mass is 10.3. The van der Waals surface area contributed by atoms with Gasteiger partial charge in [-0.2, -0.15) is 11.8 Å². The molecule has 0 radical (unpaired) electrons. The molecule has 1 atom stereocenters. The van der Waals surface area contributed by atoms with Gasteiger partial charge in [0.1, 0.15) is 0 Å². The zero-order valence-corrected chi connectivity index (χ0v) is 8.37. The molecule has 10 heavy (non-hydrogen) atoms. The van der Waals surface area contributed by atoms with E-state index in [1.54, 1.807) is 0 Å². The molecule has 62 valence electrons. The van der Waals surface area contributed by atoms with Crippen LogP contribution in [-0.4, -0.2) is 36.5 Å². The van der Waals surface area contributed by atoms with E-state index in [9.17, 15) is 0 Å². The first kappa shape index (κ1) is 10.3. The maximum absolute atomic E-state index is 2.26. The van der Waals surface area contributed by atoms with Crippen LogP contribution in [0.1, 0.15) is 20.3 Å². The summed E-state index contributed by atoms with van der Waals surface area (Å²) < 4.78 is 0. The average molecular weight is 161 g/mol. The van der Waals surface area contributed by atoms with E-state index in [4.69, 9.17) is 0 Å². The molecular weight excluding hydrogens is 142 g/mol. The van der Waals surface area contributed by atoms with Crippen LogP contribution in [0.25, 0.3) is 0 Å². The standard InChI is InChI=1S/C6H13NS.C2H6/c1-7(2)5-6-3-4-8-6;1-2/h6H,3-5H2,1-2H3;1-2H3. The summed E-state index contributed by atoms with van der Waals surface area (Å²) in [5, 5.41) is 0.949. The molecule has 0 spiro atoms. The Labute approximate surface area is 69.2 Å². The molecule has 0 N–H and O–H groups in total. The molecule has 0 aliphatic carbocycles. The van der Waals surface area contributed by atoms with Gasteiger partial charge in [-0.3, -0.25) is 0 Å². The van der Waals surface area contributed by atoms with Gasteiger partial charge in [0.15, 0.2) is 0 Å². The van der Waals surface area contributed by atoms with E-state index in [0.29, 0.717) is 0 Å². The van der Waals surface area contributed by atoms with Gasteiger partial charge in [-0.15, -0.1) is 0 Å². The van der Waals surface area contributed by atoms with Crippen molar-refractivity contribution in [3.05, 3.63) is 0 Å². The Morgan fingerprint density at radius 3 is 2.00 bits per heavy atom. The summed E-state index contributed by atoms with van der Waals surface area (Å²) in [7, 11) is 4.28. The van der Waals surface area contributed by atoms with Gasteiger partial charge in [-0.1, -0.05) is 13.8 Å². The van der Waals surface area contributed by atoms with Crippen LogP contribution in [0.5, 0.6) is 0 Å². The van der Waals surface area contributed by atoms with E-state index in [1.165, 1.54) is 18.7 Å². The average Bonchev–Trinajstić information content (AvgIpc) is 1.84. The molecule has 0 aromatic rings. The first-order chi connectivity index (χ1) is 4.79. The van der Waals surface area contributed by atoms with Crippen LogP contribution in [-0.2, 0) is 0 Å². The Kier molecular flexibility index (Phi) is 6.24. The fourth-order valence-electron chi connectivity index (χ4n) is 0.836. The Hall–Kier alpha value is 0.310. The maximum atomic E-state index is 2.26. The zero-order valence-electron chi connectivity index (χ0n) is 7.55. The first-order valence-corrected chi connectivity index (χ1v) is 5.10. The number of rotatable bonds is 2. The highest BCUT2D eigenvalue weighted by Gasteiger charge is 2.17. The molecule has 1 aliphatic heterocycles. The highest BCUT2D eigenvalue weighted by molar-refractivity contribution is 8.01. The van der Waals surface area contributed by atoms with Crippen LogP contribution >= 0.6 is 11.8 Å². The van der Waals surface area contributed by atoms with E-state index >= 15 is 0 Å². The van der Waals surface area contributed by atoms with E-state index in [-0.39, 0.29) is 0 Å². The van der Waals surface area contributed by atoms with E-state index in [2.05, 4.69) is 30.8 Å². The minimum Gasteiger partial charge on any atom is -0.308 e. The third kappa shape index (κ3) is 4.18. The summed E-state index contributed by atoms with van der Waals surface area (Å²) >= 11 is 2.09. The minimum absolute atomic E-state index is 0.949. The highest BCUT2D eigenvalue weighted by Crippen LogP contribution is 2.27. The Morgan fingerprint density at radius 2 is 1.90 bits per heavy atom. The second-order valence-corrected chi connectivity index (χ2v) is 3.95. The molecule has 0 aromatic carbocycles. The topological polar surface area (TPSA) is 3.24 Å². The fourth-order valence-corrected chi connectivity index (χ4v) is 1.81. The maximum Gasteiger partial charge on any atom is 0.0182 e. The quantitative estimate of drug-likeness (QED) is 0.610. The van der Waals surface area contributed by atoms with E-state index < -0.39 is 0 Å². The van der Waals surface area contributed by atoms with Crippen molar-refractivity contribution < 1.29 is 0 Å². The molecule has 2 heteroatoms. The largest absolute Gasteiger partial charge is 0.308 e. The molecule has 0 bridgehead atoms. The zero-order chi connectivity index (χ0) is 7.98. The van der Waals surface area contributed by atoms with Gasteiger partial charge in [0, 0.05) is 11.8 Å². The minimum atomic E-state index is 0.949. The Morgan fingerprint density at radius 1 is 1.40 bits per heavy atom. The van der Waals surface area contributed by atoms with Crippen molar-refractivity contribution in [1.29, 1.82) is 0 Å². The molecule has 1 aliphatic rings. The van der Waals surface area contributed by atoms with Crippen molar-refractivity contribution in [3.63, 3.8) is 0 Å². The predicted octanol–water partition coefficient (Wildman–Crippen LogP) is 2.08. The highest BCUT2D eigenvalue weighted by atomic mass is 32.2. The predicted molar refractivity (Wildman–Crippen MR) is 50.8 cm³/mol. The fraction of sp³-hybridized carbons (Fsp3) is 1.00. The smallest absolute Gasteiger partial charge is 0.0182 e. The molecule has 1 fully saturated rings. The molecule has 1 unspecified atom stereocenters. The first-order valence-electron chi connectivity index (χ1n) is 4.05. The van der Waals surface area contributed by atoms with Gasteiger partial charge in [-0.25, -0.2) is 0 Å². The van der Waals surface area contributed by atoms with Gasteiger partial charge < -0.3 is 4.90 Å². The van der Waals surface area contributed by atoms with E-state index in [1.807, 2.05) is 13.8 Å². The summed E-state index contributed by atoms with van der Waals surface area (Å²) in [6, 6.07) is 0. The SMILES string of the molecule is CC.CN(C)CC1CCS1. The Bertz CT molecular complexity index is 69.7. The molecular formula is C8H19NS. The molecule has 1 rings (SSSR count). The van der Waals surface area contributed by atoms with Crippen LogP contribution < -0.4 is 0 Å². The van der Waals surface area contributed by atoms with Crippen molar-refractivity contribution in [1.82, 2.24) is 4.90 Å². The van der Waals surface area contributed by atoms with Crippen molar-refractivity contribution in [3.8, 4) is 0 Å². The van der Waals surface area contributed by atoms with Crippen molar-refractivity contribution in [2.75, 3.05) is 26.4 Å². The van der Waals surface area contributed by atoms with Crippen molar-refractivity contribution >= 4 is 11.8 Å². The third-order valence-electron chi connectivity index (χ3n) is 1.36. The lowest BCUT2D eigenvalue weighted by Crippen LogP contribution is -2.29. The summed E-state index contributed by atoms with van der Waals surface area (Å²) in [5.41, 5.74) is 0. The van der Waals surface area contributed by atoms with Gasteiger partial charge in [0.05, 0.1) is 0 Å². The molecule has 1 heterocycles. The summed E-state index contributed by atoms with van der Waals surface area (Å²) in [6.07, 6.45) is 1.43. The molecule has 0 aromatic heterocycles. The monoisotopic (exact) mass is 161 g/mol. The van der Waals surface area contributed by atoms with Crippen molar-refractivity contribution in [2.24, 2.45) is 0 Å². The number of hydrogen-bond donors (Lipinski definition) is 0. The second-order valence-electron chi connectivity index (χ2n) is 2.54. The summed E-state index contributed by atoms with van der Waals surface area (Å²) in [4.78, 5) is 2.26. The van der Waals surface area contributed by atoms with Crippen LogP contribution in [0.3, 0.4) is 0 Å².